The Hall–Kier alpha value is -1.84. The quantitative estimate of drug-likeness (QED) is 0.740. The maximum atomic E-state index is 11.2. The molecular formula is C9H7N3O2S. The first-order chi connectivity index (χ1) is 7.04. The van der Waals surface area contributed by atoms with Crippen molar-refractivity contribution >= 4 is 20.9 Å². The van der Waals surface area contributed by atoms with E-state index in [1.54, 1.807) is 18.2 Å². The Bertz CT molecular complexity index is 664. The number of fused-ring (bicyclic) bond motifs is 1. The number of aromatic amines is 1. The lowest BCUT2D eigenvalue weighted by atomic mass is 10.1. The summed E-state index contributed by atoms with van der Waals surface area (Å²) in [6.45, 7) is 0. The van der Waals surface area contributed by atoms with Crippen molar-refractivity contribution in [2.45, 2.75) is 4.90 Å². The van der Waals surface area contributed by atoms with Gasteiger partial charge < -0.3 is 4.98 Å². The number of nitrogens with zero attached hydrogens (tertiary/aromatic N) is 1. The Morgan fingerprint density at radius 3 is 2.73 bits per heavy atom. The lowest BCUT2D eigenvalue weighted by Crippen LogP contribution is -2.11. The van der Waals surface area contributed by atoms with Crippen molar-refractivity contribution in [1.82, 2.24) is 4.98 Å². The summed E-state index contributed by atoms with van der Waals surface area (Å²) < 4.78 is 22.4. The van der Waals surface area contributed by atoms with Crippen LogP contribution in [0, 0.1) is 11.3 Å². The van der Waals surface area contributed by atoms with E-state index < -0.39 is 10.0 Å². The molecule has 76 valence electrons. The van der Waals surface area contributed by atoms with Crippen LogP contribution in [0.4, 0.5) is 0 Å². The van der Waals surface area contributed by atoms with Crippen LogP contribution in [0.15, 0.2) is 29.3 Å². The molecular weight excluding hydrogens is 214 g/mol. The van der Waals surface area contributed by atoms with E-state index in [4.69, 9.17) is 10.4 Å². The Labute approximate surface area is 86.2 Å². The smallest absolute Gasteiger partial charge is 0.240 e. The number of hydrogen-bond acceptors (Lipinski definition) is 3. The van der Waals surface area contributed by atoms with Gasteiger partial charge in [-0.15, -0.1) is 0 Å². The molecule has 0 aliphatic rings. The summed E-state index contributed by atoms with van der Waals surface area (Å²) in [6, 6.07) is 6.83. The van der Waals surface area contributed by atoms with Crippen LogP contribution in [0.1, 0.15) is 5.56 Å². The Morgan fingerprint density at radius 1 is 1.40 bits per heavy atom. The molecule has 0 atom stereocenters. The molecule has 0 aliphatic heterocycles. The van der Waals surface area contributed by atoms with E-state index in [1.807, 2.05) is 6.07 Å². The third kappa shape index (κ3) is 1.48. The second kappa shape index (κ2) is 3.08. The highest BCUT2D eigenvalue weighted by molar-refractivity contribution is 7.89. The van der Waals surface area contributed by atoms with Gasteiger partial charge in [0.15, 0.2) is 0 Å². The third-order valence-corrected chi connectivity index (χ3v) is 3.03. The molecule has 0 unspecified atom stereocenters. The van der Waals surface area contributed by atoms with Crippen molar-refractivity contribution in [1.29, 1.82) is 5.26 Å². The number of nitriles is 1. The van der Waals surface area contributed by atoms with Crippen molar-refractivity contribution in [2.24, 2.45) is 5.14 Å². The van der Waals surface area contributed by atoms with E-state index in [9.17, 15) is 8.42 Å². The molecule has 15 heavy (non-hydrogen) atoms. The van der Waals surface area contributed by atoms with Gasteiger partial charge >= 0.3 is 0 Å². The van der Waals surface area contributed by atoms with E-state index in [2.05, 4.69) is 4.98 Å². The molecule has 2 rings (SSSR count). The molecule has 0 aliphatic carbocycles. The van der Waals surface area contributed by atoms with Crippen LogP contribution in [-0.2, 0) is 10.0 Å². The molecule has 3 N–H and O–H groups in total. The van der Waals surface area contributed by atoms with Gasteiger partial charge in [-0.1, -0.05) is 6.07 Å². The molecule has 0 saturated carbocycles. The predicted octanol–water partition coefficient (Wildman–Crippen LogP) is 0.687. The zero-order valence-corrected chi connectivity index (χ0v) is 8.38. The molecule has 0 spiro atoms. The van der Waals surface area contributed by atoms with Gasteiger partial charge in [-0.3, -0.25) is 0 Å². The summed E-state index contributed by atoms with van der Waals surface area (Å²) in [7, 11) is -3.80. The summed E-state index contributed by atoms with van der Waals surface area (Å²) in [5.41, 5.74) is 0.871. The Balaban J connectivity index is 2.97. The monoisotopic (exact) mass is 221 g/mol. The van der Waals surface area contributed by atoms with Crippen molar-refractivity contribution in [3.63, 3.8) is 0 Å². The Morgan fingerprint density at radius 2 is 2.13 bits per heavy atom. The van der Waals surface area contributed by atoms with Gasteiger partial charge in [-0.05, 0) is 12.1 Å². The molecule has 6 heteroatoms. The van der Waals surface area contributed by atoms with Crippen LogP contribution < -0.4 is 5.14 Å². The van der Waals surface area contributed by atoms with Gasteiger partial charge in [0.2, 0.25) is 10.0 Å². The number of aromatic nitrogens is 1. The summed E-state index contributed by atoms with van der Waals surface area (Å²) in [5.74, 6) is 0. The molecule has 2 aromatic rings. The molecule has 0 radical (unpaired) electrons. The molecule has 1 heterocycles. The van der Waals surface area contributed by atoms with E-state index in [1.165, 1.54) is 6.20 Å². The first-order valence-corrected chi connectivity index (χ1v) is 5.61. The fraction of sp³-hybridized carbons (Fsp3) is 0. The SMILES string of the molecule is N#Cc1cccc2[nH]cc(S(N)(=O)=O)c12. The number of hydrogen-bond donors (Lipinski definition) is 2. The Kier molecular flexibility index (Phi) is 2.00. The lowest BCUT2D eigenvalue weighted by molar-refractivity contribution is 0.598. The van der Waals surface area contributed by atoms with Crippen LogP contribution in [0.2, 0.25) is 0 Å². The van der Waals surface area contributed by atoms with Crippen molar-refractivity contribution in [3.8, 4) is 6.07 Å². The molecule has 5 nitrogen and oxygen atoms in total. The fourth-order valence-electron chi connectivity index (χ4n) is 1.47. The second-order valence-corrected chi connectivity index (χ2v) is 4.57. The topological polar surface area (TPSA) is 99.7 Å². The average Bonchev–Trinajstić information content (AvgIpc) is 2.59. The van der Waals surface area contributed by atoms with E-state index in [0.717, 1.165) is 0 Å². The van der Waals surface area contributed by atoms with Gasteiger partial charge in [0.25, 0.3) is 0 Å². The van der Waals surface area contributed by atoms with Crippen molar-refractivity contribution in [2.75, 3.05) is 0 Å². The maximum absolute atomic E-state index is 11.2. The summed E-state index contributed by atoms with van der Waals surface area (Å²) >= 11 is 0. The minimum Gasteiger partial charge on any atom is -0.360 e. The van der Waals surface area contributed by atoms with Gasteiger partial charge in [0.05, 0.1) is 11.6 Å². The number of H-pyrrole nitrogens is 1. The lowest BCUT2D eigenvalue weighted by Gasteiger charge is -1.96. The number of sulfonamides is 1. The highest BCUT2D eigenvalue weighted by Gasteiger charge is 2.16. The first kappa shape index (κ1) is 9.71. The number of nitrogens with one attached hydrogen (secondary N) is 1. The minimum absolute atomic E-state index is 0.0466. The van der Waals surface area contributed by atoms with Gasteiger partial charge in [0.1, 0.15) is 4.90 Å². The largest absolute Gasteiger partial charge is 0.360 e. The fourth-order valence-corrected chi connectivity index (χ4v) is 2.20. The number of primary sulfonamides is 1. The van der Waals surface area contributed by atoms with E-state index in [0.29, 0.717) is 10.9 Å². The first-order valence-electron chi connectivity index (χ1n) is 4.07. The standard InChI is InChI=1S/C9H7N3O2S/c10-4-6-2-1-3-7-9(6)8(5-12-7)15(11,13)14/h1-3,5,12H,(H2,11,13,14). The summed E-state index contributed by atoms with van der Waals surface area (Å²) in [5, 5.41) is 14.2. The number of rotatable bonds is 1. The molecule has 1 aromatic heterocycles. The maximum Gasteiger partial charge on any atom is 0.240 e. The zero-order valence-electron chi connectivity index (χ0n) is 7.56. The van der Waals surface area contributed by atoms with Gasteiger partial charge in [-0.25, -0.2) is 13.6 Å². The molecule has 0 saturated heterocycles. The highest BCUT2D eigenvalue weighted by atomic mass is 32.2. The number of benzene rings is 1. The summed E-state index contributed by atoms with van der Waals surface area (Å²) in [6.07, 6.45) is 1.29. The van der Waals surface area contributed by atoms with Crippen LogP contribution in [0.25, 0.3) is 10.9 Å². The predicted molar refractivity (Wildman–Crippen MR) is 54.4 cm³/mol. The van der Waals surface area contributed by atoms with E-state index in [-0.39, 0.29) is 10.5 Å². The zero-order chi connectivity index (χ0) is 11.1. The third-order valence-electron chi connectivity index (χ3n) is 2.10. The molecule has 0 bridgehead atoms. The van der Waals surface area contributed by atoms with Crippen LogP contribution in [0.3, 0.4) is 0 Å². The normalized spacial score (nSPS) is 11.5. The van der Waals surface area contributed by atoms with Gasteiger partial charge in [0, 0.05) is 17.1 Å². The molecule has 0 fully saturated rings. The molecule has 1 aromatic carbocycles. The summed E-state index contributed by atoms with van der Waals surface area (Å²) in [4.78, 5) is 2.71. The van der Waals surface area contributed by atoms with Gasteiger partial charge in [-0.2, -0.15) is 5.26 Å². The van der Waals surface area contributed by atoms with Crippen LogP contribution in [0.5, 0.6) is 0 Å². The van der Waals surface area contributed by atoms with Crippen molar-refractivity contribution < 1.29 is 8.42 Å². The van der Waals surface area contributed by atoms with E-state index >= 15 is 0 Å². The van der Waals surface area contributed by atoms with Crippen LogP contribution >= 0.6 is 0 Å². The second-order valence-electron chi connectivity index (χ2n) is 3.04. The minimum atomic E-state index is -3.80. The van der Waals surface area contributed by atoms with Crippen LogP contribution in [-0.4, -0.2) is 13.4 Å². The average molecular weight is 221 g/mol. The highest BCUT2D eigenvalue weighted by Crippen LogP contribution is 2.24. The molecule has 0 amide bonds. The number of nitrogens with two attached hydrogens (primary N) is 1. The van der Waals surface area contributed by atoms with Crippen molar-refractivity contribution in [3.05, 3.63) is 30.0 Å².